The lowest BCUT2D eigenvalue weighted by Crippen LogP contribution is -2.66. The van der Waals surface area contributed by atoms with Gasteiger partial charge in [0.1, 0.15) is 0 Å². The minimum Gasteiger partial charge on any atom is -0.274 e. The first kappa shape index (κ1) is 10.1. The average Bonchev–Trinajstić information content (AvgIpc) is 2.66. The molecule has 0 unspecified atom stereocenters. The van der Waals surface area contributed by atoms with E-state index in [9.17, 15) is 18.8 Å². The van der Waals surface area contributed by atoms with Gasteiger partial charge in [-0.3, -0.25) is 20.2 Å². The summed E-state index contributed by atoms with van der Waals surface area (Å²) in [5.41, 5.74) is -2.57. The van der Waals surface area contributed by atoms with Crippen LogP contribution in [0.3, 0.4) is 0 Å². The normalized spacial score (nSPS) is 26.3. The highest BCUT2D eigenvalue weighted by molar-refractivity contribution is 6.21. The van der Waals surface area contributed by atoms with Crippen LogP contribution in [0.5, 0.6) is 0 Å². The number of rotatable bonds is 1. The summed E-state index contributed by atoms with van der Waals surface area (Å²) in [5, 5.41) is 3.58. The van der Waals surface area contributed by atoms with Crippen molar-refractivity contribution in [3.8, 4) is 0 Å². The lowest BCUT2D eigenvalue weighted by atomic mass is 9.85. The second-order valence-electron chi connectivity index (χ2n) is 3.93. The van der Waals surface area contributed by atoms with E-state index in [2.05, 4.69) is 0 Å². The highest BCUT2D eigenvalue weighted by Crippen LogP contribution is 2.37. The van der Waals surface area contributed by atoms with Crippen molar-refractivity contribution in [2.24, 2.45) is 5.92 Å². The highest BCUT2D eigenvalue weighted by Gasteiger charge is 2.56. The average molecular weight is 214 g/mol. The second kappa shape index (κ2) is 3.29. The molecule has 2 N–H and O–H groups in total. The van der Waals surface area contributed by atoms with Gasteiger partial charge >= 0.3 is 6.03 Å². The molecule has 1 saturated carbocycles. The number of carbonyl (C=O) groups is 3. The smallest absolute Gasteiger partial charge is 0.274 e. The molecule has 5 nitrogen and oxygen atoms in total. The SMILES string of the molecule is O=C1NC(=O)C(F)(C2CCCC2)C(=O)N1. The number of barbiturate groups is 1. The van der Waals surface area contributed by atoms with Gasteiger partial charge in [-0.2, -0.15) is 0 Å². The Balaban J connectivity index is 2.27. The van der Waals surface area contributed by atoms with Crippen molar-refractivity contribution in [2.45, 2.75) is 31.4 Å². The zero-order valence-electron chi connectivity index (χ0n) is 8.01. The summed E-state index contributed by atoms with van der Waals surface area (Å²) in [6, 6.07) is -0.948. The maximum atomic E-state index is 14.3. The van der Waals surface area contributed by atoms with Gasteiger partial charge in [-0.15, -0.1) is 0 Å². The van der Waals surface area contributed by atoms with Gasteiger partial charge in [-0.05, 0) is 12.8 Å². The summed E-state index contributed by atoms with van der Waals surface area (Å²) >= 11 is 0. The van der Waals surface area contributed by atoms with Crippen LogP contribution in [0.2, 0.25) is 0 Å². The Morgan fingerprint density at radius 3 is 2.00 bits per heavy atom. The molecule has 2 fully saturated rings. The Kier molecular flexibility index (Phi) is 2.21. The van der Waals surface area contributed by atoms with Crippen molar-refractivity contribution in [3.05, 3.63) is 0 Å². The molecule has 1 aliphatic carbocycles. The molecule has 1 aliphatic heterocycles. The van der Waals surface area contributed by atoms with Crippen LogP contribution in [0.25, 0.3) is 0 Å². The number of hydrogen-bond donors (Lipinski definition) is 2. The minimum atomic E-state index is -2.57. The molecule has 2 rings (SSSR count). The van der Waals surface area contributed by atoms with Gasteiger partial charge in [0.05, 0.1) is 0 Å². The van der Waals surface area contributed by atoms with E-state index in [1.165, 1.54) is 0 Å². The molecule has 0 bridgehead atoms. The molecule has 0 atom stereocenters. The van der Waals surface area contributed by atoms with Crippen LogP contribution >= 0.6 is 0 Å². The van der Waals surface area contributed by atoms with E-state index in [0.29, 0.717) is 12.8 Å². The number of urea groups is 1. The first-order chi connectivity index (χ1) is 7.05. The summed E-state index contributed by atoms with van der Waals surface area (Å²) in [6.07, 6.45) is 2.63. The summed E-state index contributed by atoms with van der Waals surface area (Å²) < 4.78 is 14.3. The van der Waals surface area contributed by atoms with E-state index in [4.69, 9.17) is 0 Å². The van der Waals surface area contributed by atoms with Crippen LogP contribution in [0.15, 0.2) is 0 Å². The standard InChI is InChI=1S/C9H11FN2O3/c10-9(5-3-1-2-4-5)6(13)11-8(15)12-7(9)14/h5H,1-4H2,(H2,11,12,13,14,15). The topological polar surface area (TPSA) is 75.3 Å². The monoisotopic (exact) mass is 214 g/mol. The molecular formula is C9H11FN2O3. The molecule has 15 heavy (non-hydrogen) atoms. The molecule has 1 heterocycles. The third-order valence-corrected chi connectivity index (χ3v) is 3.03. The van der Waals surface area contributed by atoms with Crippen molar-refractivity contribution < 1.29 is 18.8 Å². The predicted molar refractivity (Wildman–Crippen MR) is 47.5 cm³/mol. The van der Waals surface area contributed by atoms with Crippen LogP contribution in [-0.2, 0) is 9.59 Å². The van der Waals surface area contributed by atoms with Crippen LogP contribution in [-0.4, -0.2) is 23.5 Å². The largest absolute Gasteiger partial charge is 0.328 e. The fraction of sp³-hybridized carbons (Fsp3) is 0.667. The van der Waals surface area contributed by atoms with Gasteiger partial charge in [0.15, 0.2) is 0 Å². The summed E-state index contributed by atoms with van der Waals surface area (Å²) in [5.74, 6) is -2.85. The number of nitrogens with one attached hydrogen (secondary N) is 2. The van der Waals surface area contributed by atoms with Crippen LogP contribution in [0.4, 0.5) is 9.18 Å². The van der Waals surface area contributed by atoms with Gasteiger partial charge < -0.3 is 0 Å². The van der Waals surface area contributed by atoms with Gasteiger partial charge in [0, 0.05) is 5.92 Å². The Morgan fingerprint density at radius 1 is 1.07 bits per heavy atom. The molecule has 0 aromatic rings. The first-order valence-electron chi connectivity index (χ1n) is 4.91. The number of imide groups is 2. The Morgan fingerprint density at radius 2 is 1.53 bits per heavy atom. The summed E-state index contributed by atoms with van der Waals surface area (Å²) in [7, 11) is 0. The summed E-state index contributed by atoms with van der Waals surface area (Å²) in [4.78, 5) is 33.5. The van der Waals surface area contributed by atoms with E-state index >= 15 is 0 Å². The van der Waals surface area contributed by atoms with E-state index in [-0.39, 0.29) is 0 Å². The van der Waals surface area contributed by atoms with Crippen molar-refractivity contribution >= 4 is 17.8 Å². The van der Waals surface area contributed by atoms with Crippen LogP contribution in [0, 0.1) is 5.92 Å². The second-order valence-corrected chi connectivity index (χ2v) is 3.93. The lowest BCUT2D eigenvalue weighted by molar-refractivity contribution is -0.150. The zero-order chi connectivity index (χ0) is 11.1. The number of carbonyl (C=O) groups excluding carboxylic acids is 3. The third kappa shape index (κ3) is 1.40. The van der Waals surface area contributed by atoms with Crippen molar-refractivity contribution in [1.29, 1.82) is 0 Å². The van der Waals surface area contributed by atoms with Gasteiger partial charge in [0.25, 0.3) is 17.5 Å². The molecule has 0 aromatic carbocycles. The maximum Gasteiger partial charge on any atom is 0.328 e. The quantitative estimate of drug-likeness (QED) is 0.614. The van der Waals surface area contributed by atoms with Crippen molar-refractivity contribution in [3.63, 3.8) is 0 Å². The van der Waals surface area contributed by atoms with E-state index in [1.54, 1.807) is 10.6 Å². The molecule has 82 valence electrons. The lowest BCUT2D eigenvalue weighted by Gasteiger charge is -2.31. The Bertz CT molecular complexity index is 316. The number of alkyl halides is 1. The van der Waals surface area contributed by atoms with E-state index in [0.717, 1.165) is 12.8 Å². The van der Waals surface area contributed by atoms with Crippen LogP contribution in [0.1, 0.15) is 25.7 Å². The maximum absolute atomic E-state index is 14.3. The molecule has 6 heteroatoms. The number of halogens is 1. The first-order valence-corrected chi connectivity index (χ1v) is 4.91. The zero-order valence-corrected chi connectivity index (χ0v) is 8.01. The van der Waals surface area contributed by atoms with E-state index in [1.807, 2.05) is 0 Å². The minimum absolute atomic E-state index is 0.505. The van der Waals surface area contributed by atoms with Gasteiger partial charge in [-0.1, -0.05) is 12.8 Å². The molecule has 0 spiro atoms. The predicted octanol–water partition coefficient (Wildman–Crippen LogP) is 0.251. The Hall–Kier alpha value is -1.46. The fourth-order valence-corrected chi connectivity index (χ4v) is 2.22. The fourth-order valence-electron chi connectivity index (χ4n) is 2.22. The van der Waals surface area contributed by atoms with Crippen molar-refractivity contribution in [1.82, 2.24) is 10.6 Å². The van der Waals surface area contributed by atoms with Gasteiger partial charge in [-0.25, -0.2) is 9.18 Å². The number of hydrogen-bond acceptors (Lipinski definition) is 3. The van der Waals surface area contributed by atoms with Crippen LogP contribution < -0.4 is 10.6 Å². The molecule has 4 amide bonds. The molecule has 0 aromatic heterocycles. The third-order valence-electron chi connectivity index (χ3n) is 3.03. The summed E-state index contributed by atoms with van der Waals surface area (Å²) in [6.45, 7) is 0. The Labute approximate surface area is 85.4 Å². The van der Waals surface area contributed by atoms with Gasteiger partial charge in [0.2, 0.25) is 0 Å². The molecular weight excluding hydrogens is 203 g/mol. The molecule has 2 aliphatic rings. The van der Waals surface area contributed by atoms with Crippen molar-refractivity contribution in [2.75, 3.05) is 0 Å². The number of amides is 4. The van der Waals surface area contributed by atoms with E-state index < -0.39 is 29.4 Å². The molecule has 0 radical (unpaired) electrons. The molecule has 1 saturated heterocycles. The highest BCUT2D eigenvalue weighted by atomic mass is 19.1.